The quantitative estimate of drug-likeness (QED) is 0.698. The molecule has 0 atom stereocenters. The minimum atomic E-state index is -0.321. The minimum Gasteiger partial charge on any atom is -0.360 e. The largest absolute Gasteiger partial charge is 0.360 e. The first-order valence-corrected chi connectivity index (χ1v) is 7.95. The van der Waals surface area contributed by atoms with Crippen LogP contribution in [0.1, 0.15) is 41.6 Å². The zero-order valence-electron chi connectivity index (χ0n) is 14.6. The summed E-state index contributed by atoms with van der Waals surface area (Å²) in [6.45, 7) is 9.53. The molecule has 0 saturated carbocycles. The van der Waals surface area contributed by atoms with Gasteiger partial charge in [-0.3, -0.25) is 4.79 Å². The van der Waals surface area contributed by atoms with Crippen molar-refractivity contribution in [2.75, 3.05) is 17.2 Å². The number of hydrogen-bond donors (Lipinski definition) is 3. The molecule has 0 aliphatic rings. The van der Waals surface area contributed by atoms with Crippen LogP contribution < -0.4 is 16.0 Å². The fraction of sp³-hybridized carbons (Fsp3) is 0.278. The van der Waals surface area contributed by atoms with Crippen molar-refractivity contribution in [2.24, 2.45) is 0 Å². The van der Waals surface area contributed by atoms with E-state index >= 15 is 0 Å². The van der Waals surface area contributed by atoms with E-state index in [0.29, 0.717) is 34.9 Å². The lowest BCUT2D eigenvalue weighted by Crippen LogP contribution is -2.28. The molecule has 0 spiro atoms. The number of hydrogen-bond acceptors (Lipinski definition) is 4. The van der Waals surface area contributed by atoms with Crippen LogP contribution in [0.25, 0.3) is 0 Å². The van der Waals surface area contributed by atoms with Crippen molar-refractivity contribution >= 4 is 23.3 Å². The third kappa shape index (κ3) is 4.69. The molecule has 1 aromatic carbocycles. The lowest BCUT2D eigenvalue weighted by atomic mass is 10.0. The summed E-state index contributed by atoms with van der Waals surface area (Å²) in [4.78, 5) is 24.1. The van der Waals surface area contributed by atoms with E-state index in [1.54, 1.807) is 37.3 Å². The Morgan fingerprint density at radius 2 is 1.80 bits per heavy atom. The third-order valence-corrected chi connectivity index (χ3v) is 3.45. The van der Waals surface area contributed by atoms with Crippen molar-refractivity contribution in [3.8, 4) is 0 Å². The van der Waals surface area contributed by atoms with Crippen LogP contribution in [0.15, 0.2) is 41.4 Å². The van der Waals surface area contributed by atoms with E-state index in [1.165, 1.54) is 0 Å². The van der Waals surface area contributed by atoms with Crippen molar-refractivity contribution in [2.45, 2.75) is 26.7 Å². The van der Waals surface area contributed by atoms with Crippen LogP contribution in [0.5, 0.6) is 0 Å². The molecule has 7 heteroatoms. The van der Waals surface area contributed by atoms with E-state index in [1.807, 2.05) is 13.8 Å². The Bertz CT molecular complexity index is 763. The molecule has 0 unspecified atom stereocenters. The van der Waals surface area contributed by atoms with E-state index in [0.717, 1.165) is 0 Å². The summed E-state index contributed by atoms with van der Waals surface area (Å²) in [6.07, 6.45) is 1.59. The average Bonchev–Trinajstić information content (AvgIpc) is 2.96. The number of carbonyl (C=O) groups is 2. The molecule has 0 saturated heterocycles. The summed E-state index contributed by atoms with van der Waals surface area (Å²) in [5.41, 5.74) is 2.24. The zero-order valence-corrected chi connectivity index (χ0v) is 14.6. The molecule has 25 heavy (non-hydrogen) atoms. The number of amides is 3. The lowest BCUT2D eigenvalue weighted by Gasteiger charge is -2.09. The standard InChI is InChI=1S/C18H22N4O3/c1-5-10-19-18(24)21-14-8-6-13(7-9-14)20-17(23)15-12(4)22-25-16(15)11(2)3/h5-9,11H,1,10H2,2-4H3,(H,20,23)(H2,19,21,24). The molecular formula is C18H22N4O3. The van der Waals surface area contributed by atoms with E-state index < -0.39 is 0 Å². The van der Waals surface area contributed by atoms with Gasteiger partial charge in [0.05, 0.1) is 5.69 Å². The molecule has 0 fully saturated rings. The number of nitrogens with zero attached hydrogens (tertiary/aromatic N) is 1. The number of rotatable bonds is 6. The first-order chi connectivity index (χ1) is 11.9. The number of anilines is 2. The first-order valence-electron chi connectivity index (χ1n) is 7.95. The molecule has 7 nitrogen and oxygen atoms in total. The van der Waals surface area contributed by atoms with Gasteiger partial charge in [-0.1, -0.05) is 25.1 Å². The summed E-state index contributed by atoms with van der Waals surface area (Å²) < 4.78 is 5.24. The highest BCUT2D eigenvalue weighted by Crippen LogP contribution is 2.23. The Kier molecular flexibility index (Phi) is 5.94. The van der Waals surface area contributed by atoms with Gasteiger partial charge in [-0.15, -0.1) is 6.58 Å². The number of urea groups is 1. The molecule has 1 aromatic heterocycles. The second-order valence-electron chi connectivity index (χ2n) is 5.82. The number of nitrogens with one attached hydrogen (secondary N) is 3. The fourth-order valence-electron chi connectivity index (χ4n) is 2.23. The molecule has 132 valence electrons. The van der Waals surface area contributed by atoms with Gasteiger partial charge in [0.2, 0.25) is 0 Å². The lowest BCUT2D eigenvalue weighted by molar-refractivity contribution is 0.102. The average molecular weight is 342 g/mol. The predicted octanol–water partition coefficient (Wildman–Crippen LogP) is 3.67. The summed E-state index contributed by atoms with van der Waals surface area (Å²) in [5, 5.41) is 12.0. The van der Waals surface area contributed by atoms with Crippen molar-refractivity contribution in [3.05, 3.63) is 53.9 Å². The number of carbonyl (C=O) groups excluding carboxylic acids is 2. The van der Waals surface area contributed by atoms with Crippen LogP contribution in [0, 0.1) is 6.92 Å². The molecule has 0 radical (unpaired) electrons. The van der Waals surface area contributed by atoms with E-state index in [-0.39, 0.29) is 17.9 Å². The smallest absolute Gasteiger partial charge is 0.319 e. The predicted molar refractivity (Wildman–Crippen MR) is 96.9 cm³/mol. The Balaban J connectivity index is 2.04. The molecule has 0 aliphatic heterocycles. The molecule has 1 heterocycles. The molecule has 0 bridgehead atoms. The monoisotopic (exact) mass is 342 g/mol. The normalized spacial score (nSPS) is 10.4. The van der Waals surface area contributed by atoms with Gasteiger partial charge in [-0.05, 0) is 31.2 Å². The van der Waals surface area contributed by atoms with Crippen molar-refractivity contribution < 1.29 is 14.1 Å². The molecule has 0 aliphatic carbocycles. The van der Waals surface area contributed by atoms with Crippen LogP contribution >= 0.6 is 0 Å². The molecule has 3 amide bonds. The number of benzene rings is 1. The van der Waals surface area contributed by atoms with Gasteiger partial charge in [-0.25, -0.2) is 4.79 Å². The molecule has 2 aromatic rings. The van der Waals surface area contributed by atoms with Gasteiger partial charge in [0, 0.05) is 23.8 Å². The SMILES string of the molecule is C=CCNC(=O)Nc1ccc(NC(=O)c2c(C)noc2C(C)C)cc1. The van der Waals surface area contributed by atoms with Crippen LogP contribution in [-0.2, 0) is 0 Å². The van der Waals surface area contributed by atoms with Crippen LogP contribution in [0.4, 0.5) is 16.2 Å². The van der Waals surface area contributed by atoms with E-state index in [9.17, 15) is 9.59 Å². The van der Waals surface area contributed by atoms with Gasteiger partial charge < -0.3 is 20.5 Å². The zero-order chi connectivity index (χ0) is 18.4. The second-order valence-corrected chi connectivity index (χ2v) is 5.82. The minimum absolute atomic E-state index is 0.0580. The fourth-order valence-corrected chi connectivity index (χ4v) is 2.23. The van der Waals surface area contributed by atoms with Gasteiger partial charge in [0.1, 0.15) is 5.56 Å². The Labute approximate surface area is 146 Å². The summed E-state index contributed by atoms with van der Waals surface area (Å²) in [7, 11) is 0. The van der Waals surface area contributed by atoms with Crippen molar-refractivity contribution in [3.63, 3.8) is 0 Å². The third-order valence-electron chi connectivity index (χ3n) is 3.45. The second kappa shape index (κ2) is 8.14. The van der Waals surface area contributed by atoms with Crippen LogP contribution in [-0.4, -0.2) is 23.6 Å². The van der Waals surface area contributed by atoms with Crippen LogP contribution in [0.3, 0.4) is 0 Å². The number of aromatic nitrogens is 1. The maximum absolute atomic E-state index is 12.5. The highest BCUT2D eigenvalue weighted by atomic mass is 16.5. The van der Waals surface area contributed by atoms with Crippen molar-refractivity contribution in [1.29, 1.82) is 0 Å². The highest BCUT2D eigenvalue weighted by Gasteiger charge is 2.22. The van der Waals surface area contributed by atoms with Gasteiger partial charge in [0.25, 0.3) is 5.91 Å². The Morgan fingerprint density at radius 1 is 1.20 bits per heavy atom. The Hall–Kier alpha value is -3.09. The highest BCUT2D eigenvalue weighted by molar-refractivity contribution is 6.06. The summed E-state index contributed by atoms with van der Waals surface area (Å²) >= 11 is 0. The van der Waals surface area contributed by atoms with Crippen molar-refractivity contribution in [1.82, 2.24) is 10.5 Å². The van der Waals surface area contributed by atoms with Gasteiger partial charge in [-0.2, -0.15) is 0 Å². The molecule has 2 rings (SSSR count). The maximum Gasteiger partial charge on any atom is 0.319 e. The summed E-state index contributed by atoms with van der Waals surface area (Å²) in [6, 6.07) is 6.50. The van der Waals surface area contributed by atoms with Crippen LogP contribution in [0.2, 0.25) is 0 Å². The van der Waals surface area contributed by atoms with Gasteiger partial charge >= 0.3 is 6.03 Å². The van der Waals surface area contributed by atoms with E-state index in [2.05, 4.69) is 27.7 Å². The Morgan fingerprint density at radius 3 is 2.36 bits per heavy atom. The summed E-state index contributed by atoms with van der Waals surface area (Å²) in [5.74, 6) is 0.349. The topological polar surface area (TPSA) is 96.3 Å². The maximum atomic E-state index is 12.5. The van der Waals surface area contributed by atoms with Gasteiger partial charge in [0.15, 0.2) is 5.76 Å². The van der Waals surface area contributed by atoms with E-state index in [4.69, 9.17) is 4.52 Å². The molecular weight excluding hydrogens is 320 g/mol. The number of aryl methyl sites for hydroxylation is 1. The molecule has 3 N–H and O–H groups in total. The first kappa shape index (κ1) is 18.3.